The van der Waals surface area contributed by atoms with Crippen molar-refractivity contribution in [1.82, 2.24) is 0 Å². The SMILES string of the molecule is CCN1C(=O)C(C)(C)Nc2c(OC)cccc21. The van der Waals surface area contributed by atoms with E-state index in [0.29, 0.717) is 6.54 Å². The molecule has 0 fully saturated rings. The predicted octanol–water partition coefficient (Wildman–Crippen LogP) is 2.25. The third-order valence-electron chi connectivity index (χ3n) is 3.05. The third kappa shape index (κ3) is 1.73. The highest BCUT2D eigenvalue weighted by Gasteiger charge is 2.38. The van der Waals surface area contributed by atoms with Crippen LogP contribution < -0.4 is 15.0 Å². The lowest BCUT2D eigenvalue weighted by atomic mass is 9.98. The second kappa shape index (κ2) is 3.95. The van der Waals surface area contributed by atoms with E-state index in [0.717, 1.165) is 17.1 Å². The predicted molar refractivity (Wildman–Crippen MR) is 68.7 cm³/mol. The number of ether oxygens (including phenoxy) is 1. The van der Waals surface area contributed by atoms with Gasteiger partial charge < -0.3 is 15.0 Å². The van der Waals surface area contributed by atoms with E-state index in [-0.39, 0.29) is 5.91 Å². The first kappa shape index (κ1) is 11.8. The van der Waals surface area contributed by atoms with Crippen LogP contribution in [-0.2, 0) is 4.79 Å². The fraction of sp³-hybridized carbons (Fsp3) is 0.462. The molecule has 1 aromatic carbocycles. The molecule has 1 aliphatic rings. The van der Waals surface area contributed by atoms with Crippen molar-refractivity contribution >= 4 is 17.3 Å². The number of rotatable bonds is 2. The number of nitrogens with zero attached hydrogens (tertiary/aromatic N) is 1. The second-order valence-corrected chi connectivity index (χ2v) is 4.65. The van der Waals surface area contributed by atoms with Gasteiger partial charge in [-0.05, 0) is 32.9 Å². The van der Waals surface area contributed by atoms with Crippen LogP contribution in [0.1, 0.15) is 20.8 Å². The number of benzene rings is 1. The summed E-state index contributed by atoms with van der Waals surface area (Å²) < 4.78 is 5.33. The smallest absolute Gasteiger partial charge is 0.252 e. The molecular formula is C13H18N2O2. The maximum Gasteiger partial charge on any atom is 0.252 e. The maximum absolute atomic E-state index is 12.3. The zero-order valence-corrected chi connectivity index (χ0v) is 10.7. The van der Waals surface area contributed by atoms with Crippen LogP contribution in [0.4, 0.5) is 11.4 Å². The van der Waals surface area contributed by atoms with Crippen molar-refractivity contribution in [2.75, 3.05) is 23.9 Å². The first-order chi connectivity index (χ1) is 8.01. The molecule has 1 aliphatic heterocycles. The van der Waals surface area contributed by atoms with Gasteiger partial charge in [0.25, 0.3) is 5.91 Å². The number of hydrogen-bond acceptors (Lipinski definition) is 3. The van der Waals surface area contributed by atoms with Crippen molar-refractivity contribution < 1.29 is 9.53 Å². The molecule has 0 saturated heterocycles. The molecule has 0 aromatic heterocycles. The van der Waals surface area contributed by atoms with Gasteiger partial charge in [-0.2, -0.15) is 0 Å². The van der Waals surface area contributed by atoms with E-state index in [1.54, 1.807) is 12.0 Å². The number of fused-ring (bicyclic) bond motifs is 1. The quantitative estimate of drug-likeness (QED) is 0.853. The largest absolute Gasteiger partial charge is 0.495 e. The molecule has 1 aromatic rings. The van der Waals surface area contributed by atoms with Crippen LogP contribution in [0.3, 0.4) is 0 Å². The molecule has 0 saturated carbocycles. The highest BCUT2D eigenvalue weighted by atomic mass is 16.5. The minimum Gasteiger partial charge on any atom is -0.495 e. The summed E-state index contributed by atoms with van der Waals surface area (Å²) in [5, 5.41) is 3.25. The van der Waals surface area contributed by atoms with E-state index in [2.05, 4.69) is 5.32 Å². The molecule has 4 heteroatoms. The van der Waals surface area contributed by atoms with Gasteiger partial charge in [-0.25, -0.2) is 0 Å². The number of methoxy groups -OCH3 is 1. The van der Waals surface area contributed by atoms with E-state index in [9.17, 15) is 4.79 Å². The number of hydrogen-bond donors (Lipinski definition) is 1. The average molecular weight is 234 g/mol. The third-order valence-corrected chi connectivity index (χ3v) is 3.05. The number of likely N-dealkylation sites (N-methyl/N-ethyl adjacent to an activating group) is 1. The molecule has 1 amide bonds. The Labute approximate surface area is 102 Å². The Kier molecular flexibility index (Phi) is 2.73. The van der Waals surface area contributed by atoms with Crippen LogP contribution in [-0.4, -0.2) is 25.1 Å². The highest BCUT2D eigenvalue weighted by molar-refractivity contribution is 6.08. The van der Waals surface area contributed by atoms with Gasteiger partial charge >= 0.3 is 0 Å². The van der Waals surface area contributed by atoms with Gasteiger partial charge in [0.15, 0.2) is 0 Å². The van der Waals surface area contributed by atoms with Gasteiger partial charge in [-0.3, -0.25) is 4.79 Å². The van der Waals surface area contributed by atoms with E-state index in [1.807, 2.05) is 39.0 Å². The highest BCUT2D eigenvalue weighted by Crippen LogP contribution is 2.41. The summed E-state index contributed by atoms with van der Waals surface area (Å²) in [6, 6.07) is 5.72. The summed E-state index contributed by atoms with van der Waals surface area (Å²) in [4.78, 5) is 14.0. The monoisotopic (exact) mass is 234 g/mol. The fourth-order valence-corrected chi connectivity index (χ4v) is 2.17. The van der Waals surface area contributed by atoms with Crippen LogP contribution in [0.25, 0.3) is 0 Å². The molecule has 2 rings (SSSR count). The number of carbonyl (C=O) groups is 1. The summed E-state index contributed by atoms with van der Waals surface area (Å²) in [6.45, 7) is 6.40. The van der Waals surface area contributed by atoms with E-state index < -0.39 is 5.54 Å². The Morgan fingerprint density at radius 1 is 1.41 bits per heavy atom. The molecule has 0 aliphatic carbocycles. The lowest BCUT2D eigenvalue weighted by Crippen LogP contribution is -2.53. The van der Waals surface area contributed by atoms with Crippen molar-refractivity contribution in [2.45, 2.75) is 26.3 Å². The molecule has 92 valence electrons. The summed E-state index contributed by atoms with van der Waals surface area (Å²) in [7, 11) is 1.64. The fourth-order valence-electron chi connectivity index (χ4n) is 2.17. The molecule has 0 atom stereocenters. The molecule has 1 heterocycles. The van der Waals surface area contributed by atoms with E-state index in [1.165, 1.54) is 0 Å². The zero-order valence-electron chi connectivity index (χ0n) is 10.7. The molecule has 17 heavy (non-hydrogen) atoms. The minimum atomic E-state index is -0.600. The molecule has 0 unspecified atom stereocenters. The topological polar surface area (TPSA) is 41.6 Å². The zero-order chi connectivity index (χ0) is 12.6. The summed E-state index contributed by atoms with van der Waals surface area (Å²) in [5.41, 5.74) is 1.18. The number of para-hydroxylation sites is 1. The van der Waals surface area contributed by atoms with Crippen LogP contribution in [0.2, 0.25) is 0 Å². The first-order valence-corrected chi connectivity index (χ1v) is 5.78. The Bertz CT molecular complexity index is 455. The lowest BCUT2D eigenvalue weighted by Gasteiger charge is -2.39. The Hall–Kier alpha value is -1.71. The van der Waals surface area contributed by atoms with Crippen LogP contribution in [0.15, 0.2) is 18.2 Å². The number of amides is 1. The van der Waals surface area contributed by atoms with Crippen molar-refractivity contribution in [3.05, 3.63) is 18.2 Å². The van der Waals surface area contributed by atoms with Gasteiger partial charge in [0.2, 0.25) is 0 Å². The van der Waals surface area contributed by atoms with Crippen LogP contribution in [0, 0.1) is 0 Å². The molecule has 0 bridgehead atoms. The Morgan fingerprint density at radius 3 is 2.71 bits per heavy atom. The number of anilines is 2. The molecular weight excluding hydrogens is 216 g/mol. The number of carbonyl (C=O) groups excluding carboxylic acids is 1. The molecule has 0 radical (unpaired) electrons. The van der Waals surface area contributed by atoms with Gasteiger partial charge in [-0.1, -0.05) is 6.07 Å². The summed E-state index contributed by atoms with van der Waals surface area (Å²) in [6.07, 6.45) is 0. The van der Waals surface area contributed by atoms with E-state index in [4.69, 9.17) is 4.74 Å². The Balaban J connectivity index is 2.59. The van der Waals surface area contributed by atoms with Gasteiger partial charge in [0, 0.05) is 6.54 Å². The summed E-state index contributed by atoms with van der Waals surface area (Å²) in [5.74, 6) is 0.849. The molecule has 4 nitrogen and oxygen atoms in total. The maximum atomic E-state index is 12.3. The normalized spacial score (nSPS) is 17.4. The minimum absolute atomic E-state index is 0.0840. The molecule has 0 spiro atoms. The molecule has 1 N–H and O–H groups in total. The van der Waals surface area contributed by atoms with Crippen LogP contribution in [0.5, 0.6) is 5.75 Å². The van der Waals surface area contributed by atoms with Gasteiger partial charge in [-0.15, -0.1) is 0 Å². The van der Waals surface area contributed by atoms with E-state index >= 15 is 0 Å². The number of nitrogens with one attached hydrogen (secondary N) is 1. The van der Waals surface area contributed by atoms with Gasteiger partial charge in [0.05, 0.1) is 12.8 Å². The second-order valence-electron chi connectivity index (χ2n) is 4.65. The van der Waals surface area contributed by atoms with Gasteiger partial charge in [0.1, 0.15) is 17.0 Å². The van der Waals surface area contributed by atoms with Crippen LogP contribution >= 0.6 is 0 Å². The van der Waals surface area contributed by atoms with Crippen molar-refractivity contribution in [2.24, 2.45) is 0 Å². The van der Waals surface area contributed by atoms with Crippen molar-refractivity contribution in [1.29, 1.82) is 0 Å². The average Bonchev–Trinajstić information content (AvgIpc) is 2.30. The summed E-state index contributed by atoms with van der Waals surface area (Å²) >= 11 is 0. The van der Waals surface area contributed by atoms with Crippen molar-refractivity contribution in [3.8, 4) is 5.75 Å². The lowest BCUT2D eigenvalue weighted by molar-refractivity contribution is -0.122. The Morgan fingerprint density at radius 2 is 2.12 bits per heavy atom. The van der Waals surface area contributed by atoms with Crippen molar-refractivity contribution in [3.63, 3.8) is 0 Å². The first-order valence-electron chi connectivity index (χ1n) is 5.78. The standard InChI is InChI=1S/C13H18N2O2/c1-5-15-9-7-6-8-10(17-4)11(9)14-13(2,3)12(15)16/h6-8,14H,5H2,1-4H3.